The number of aryl methyl sites for hydroxylation is 2. The number of halogens is 1. The fourth-order valence-corrected chi connectivity index (χ4v) is 2.39. The number of hydrogen-bond donors (Lipinski definition) is 1. The van der Waals surface area contributed by atoms with Gasteiger partial charge < -0.3 is 4.74 Å². The van der Waals surface area contributed by atoms with Crippen LogP contribution in [0.5, 0.6) is 11.5 Å². The molecule has 20 heavy (non-hydrogen) atoms. The second-order valence-corrected chi connectivity index (χ2v) is 6.05. The molecular formula is C14H14FNO3S. The van der Waals surface area contributed by atoms with Crippen LogP contribution in [0.2, 0.25) is 0 Å². The second kappa shape index (κ2) is 5.22. The van der Waals surface area contributed by atoms with Crippen molar-refractivity contribution < 1.29 is 17.5 Å². The van der Waals surface area contributed by atoms with Crippen LogP contribution in [0, 0.1) is 19.7 Å². The highest BCUT2D eigenvalue weighted by Gasteiger charge is 2.10. The Morgan fingerprint density at radius 3 is 2.00 bits per heavy atom. The Morgan fingerprint density at radius 1 is 1.05 bits per heavy atom. The number of primary sulfonamides is 1. The molecule has 2 aromatic rings. The quantitative estimate of drug-likeness (QED) is 0.946. The van der Waals surface area contributed by atoms with Gasteiger partial charge in [0.05, 0.1) is 4.90 Å². The smallest absolute Gasteiger partial charge is 0.238 e. The third kappa shape index (κ3) is 3.15. The molecule has 2 aromatic carbocycles. The summed E-state index contributed by atoms with van der Waals surface area (Å²) in [5.41, 5.74) is 1.33. The number of rotatable bonds is 3. The Hall–Kier alpha value is -1.92. The summed E-state index contributed by atoms with van der Waals surface area (Å²) in [6.45, 7) is 3.48. The van der Waals surface area contributed by atoms with E-state index in [0.717, 1.165) is 0 Å². The summed E-state index contributed by atoms with van der Waals surface area (Å²) in [5, 5.41) is 5.01. The maximum absolute atomic E-state index is 13.2. The topological polar surface area (TPSA) is 69.4 Å². The van der Waals surface area contributed by atoms with Crippen LogP contribution < -0.4 is 9.88 Å². The molecular weight excluding hydrogens is 281 g/mol. The molecule has 0 unspecified atom stereocenters. The molecule has 0 saturated carbocycles. The normalized spacial score (nSPS) is 11.4. The zero-order chi connectivity index (χ0) is 14.9. The van der Waals surface area contributed by atoms with Gasteiger partial charge in [-0.05, 0) is 61.4 Å². The summed E-state index contributed by atoms with van der Waals surface area (Å²) in [6.07, 6.45) is 0. The Kier molecular flexibility index (Phi) is 3.78. The van der Waals surface area contributed by atoms with Crippen LogP contribution in [0.1, 0.15) is 11.1 Å². The minimum Gasteiger partial charge on any atom is -0.457 e. The largest absolute Gasteiger partial charge is 0.457 e. The maximum Gasteiger partial charge on any atom is 0.238 e. The molecule has 106 valence electrons. The Morgan fingerprint density at radius 2 is 1.55 bits per heavy atom. The first kappa shape index (κ1) is 14.5. The Bertz CT molecular complexity index is 717. The van der Waals surface area contributed by atoms with E-state index in [1.165, 1.54) is 36.4 Å². The van der Waals surface area contributed by atoms with E-state index < -0.39 is 10.0 Å². The number of sulfonamides is 1. The summed E-state index contributed by atoms with van der Waals surface area (Å²) < 4.78 is 41.1. The molecule has 0 aliphatic heterocycles. The molecule has 6 heteroatoms. The molecule has 0 atom stereocenters. The van der Waals surface area contributed by atoms with Crippen molar-refractivity contribution in [2.45, 2.75) is 18.7 Å². The van der Waals surface area contributed by atoms with Gasteiger partial charge in [0.1, 0.15) is 17.3 Å². The maximum atomic E-state index is 13.2. The summed E-state index contributed by atoms with van der Waals surface area (Å²) in [4.78, 5) is 0.0115. The first-order valence-corrected chi connectivity index (χ1v) is 7.39. The van der Waals surface area contributed by atoms with Gasteiger partial charge in [0, 0.05) is 0 Å². The van der Waals surface area contributed by atoms with Gasteiger partial charge in [0.15, 0.2) is 0 Å². The van der Waals surface area contributed by atoms with Crippen LogP contribution in [-0.4, -0.2) is 8.42 Å². The van der Waals surface area contributed by atoms with Crippen LogP contribution in [0.3, 0.4) is 0 Å². The third-order valence-electron chi connectivity index (χ3n) is 2.80. The van der Waals surface area contributed by atoms with Gasteiger partial charge in [0.25, 0.3) is 0 Å². The van der Waals surface area contributed by atoms with Crippen LogP contribution >= 0.6 is 0 Å². The first-order valence-electron chi connectivity index (χ1n) is 5.85. The molecule has 0 amide bonds. The lowest BCUT2D eigenvalue weighted by molar-refractivity contribution is 0.472. The van der Waals surface area contributed by atoms with Gasteiger partial charge in [-0.3, -0.25) is 0 Å². The van der Waals surface area contributed by atoms with Crippen molar-refractivity contribution in [1.29, 1.82) is 0 Å². The van der Waals surface area contributed by atoms with Crippen molar-refractivity contribution in [3.63, 3.8) is 0 Å². The molecule has 2 N–H and O–H groups in total. The van der Waals surface area contributed by atoms with Crippen LogP contribution in [0.4, 0.5) is 4.39 Å². The first-order chi connectivity index (χ1) is 9.27. The summed E-state index contributed by atoms with van der Waals surface area (Å²) >= 11 is 0. The van der Waals surface area contributed by atoms with Crippen molar-refractivity contribution in [3.05, 3.63) is 53.3 Å². The van der Waals surface area contributed by atoms with Crippen LogP contribution in [0.15, 0.2) is 41.3 Å². The van der Waals surface area contributed by atoms with Crippen LogP contribution in [-0.2, 0) is 10.0 Å². The highest BCUT2D eigenvalue weighted by atomic mass is 32.2. The number of ether oxygens (including phenoxy) is 1. The van der Waals surface area contributed by atoms with Crippen LogP contribution in [0.25, 0.3) is 0 Å². The lowest BCUT2D eigenvalue weighted by Crippen LogP contribution is -2.11. The average Bonchev–Trinajstić information content (AvgIpc) is 2.33. The summed E-state index contributed by atoms with van der Waals surface area (Å²) in [6, 6.07) is 8.48. The van der Waals surface area contributed by atoms with Crippen molar-refractivity contribution in [1.82, 2.24) is 0 Å². The molecule has 0 fully saturated rings. The summed E-state index contributed by atoms with van der Waals surface area (Å²) in [7, 11) is -3.72. The summed E-state index contributed by atoms with van der Waals surface area (Å²) in [5.74, 6) is 0.682. The van der Waals surface area contributed by atoms with Crippen molar-refractivity contribution in [2.75, 3.05) is 0 Å². The van der Waals surface area contributed by atoms with E-state index in [4.69, 9.17) is 9.88 Å². The Labute approximate surface area is 117 Å². The van der Waals surface area contributed by atoms with Gasteiger partial charge in [0.2, 0.25) is 10.0 Å². The highest BCUT2D eigenvalue weighted by Crippen LogP contribution is 2.29. The SMILES string of the molecule is Cc1cc(F)cc(C)c1Oc1ccc(S(N)(=O)=O)cc1. The molecule has 0 bridgehead atoms. The van der Waals surface area contributed by atoms with E-state index in [9.17, 15) is 12.8 Å². The molecule has 0 saturated heterocycles. The average molecular weight is 295 g/mol. The molecule has 0 aliphatic carbocycles. The standard InChI is InChI=1S/C14H14FNO3S/c1-9-7-11(15)8-10(2)14(9)19-12-3-5-13(6-4-12)20(16,17)18/h3-8H,1-2H3,(H2,16,17,18). The van der Waals surface area contributed by atoms with E-state index in [1.54, 1.807) is 13.8 Å². The van der Waals surface area contributed by atoms with Crippen molar-refractivity contribution >= 4 is 10.0 Å². The monoisotopic (exact) mass is 295 g/mol. The minimum absolute atomic E-state index is 0.0115. The molecule has 2 rings (SSSR count). The number of benzene rings is 2. The van der Waals surface area contributed by atoms with Gasteiger partial charge in [-0.2, -0.15) is 0 Å². The third-order valence-corrected chi connectivity index (χ3v) is 3.73. The lowest BCUT2D eigenvalue weighted by Gasteiger charge is -2.12. The highest BCUT2D eigenvalue weighted by molar-refractivity contribution is 7.89. The number of nitrogens with two attached hydrogens (primary N) is 1. The van der Waals surface area contributed by atoms with E-state index in [0.29, 0.717) is 22.6 Å². The molecule has 0 heterocycles. The minimum atomic E-state index is -3.72. The van der Waals surface area contributed by atoms with Gasteiger partial charge in [-0.15, -0.1) is 0 Å². The molecule has 0 aliphatic rings. The number of hydrogen-bond acceptors (Lipinski definition) is 3. The van der Waals surface area contributed by atoms with E-state index in [2.05, 4.69) is 0 Å². The van der Waals surface area contributed by atoms with Gasteiger partial charge in [-0.1, -0.05) is 0 Å². The van der Waals surface area contributed by atoms with Crippen molar-refractivity contribution in [3.8, 4) is 11.5 Å². The molecule has 0 radical (unpaired) electrons. The van der Waals surface area contributed by atoms with Gasteiger partial charge in [-0.25, -0.2) is 17.9 Å². The zero-order valence-electron chi connectivity index (χ0n) is 11.1. The Balaban J connectivity index is 2.32. The van der Waals surface area contributed by atoms with Crippen molar-refractivity contribution in [2.24, 2.45) is 5.14 Å². The molecule has 0 spiro atoms. The second-order valence-electron chi connectivity index (χ2n) is 4.49. The fourth-order valence-electron chi connectivity index (χ4n) is 1.87. The van der Waals surface area contributed by atoms with Gasteiger partial charge >= 0.3 is 0 Å². The molecule has 4 nitrogen and oxygen atoms in total. The lowest BCUT2D eigenvalue weighted by atomic mass is 10.1. The predicted molar refractivity (Wildman–Crippen MR) is 73.8 cm³/mol. The predicted octanol–water partition coefficient (Wildman–Crippen LogP) is 2.88. The van der Waals surface area contributed by atoms with E-state index in [1.807, 2.05) is 0 Å². The van der Waals surface area contributed by atoms with E-state index >= 15 is 0 Å². The fraction of sp³-hybridized carbons (Fsp3) is 0.143. The zero-order valence-corrected chi connectivity index (χ0v) is 11.9. The molecule has 0 aromatic heterocycles. The van der Waals surface area contributed by atoms with E-state index in [-0.39, 0.29) is 10.7 Å².